The standard InChI is InChI=1S/C8H7N.Ru/c1-2-4-8-7(3-1)5-6-9-8;/h1-6,9H;. The summed E-state index contributed by atoms with van der Waals surface area (Å²) in [7, 11) is 0. The molecule has 2 rings (SSSR count). The summed E-state index contributed by atoms with van der Waals surface area (Å²) in [6, 6.07) is 10.3. The molecule has 0 fully saturated rings. The van der Waals surface area contributed by atoms with Crippen LogP contribution in [0.4, 0.5) is 0 Å². The zero-order valence-electron chi connectivity index (χ0n) is 5.32. The Morgan fingerprint density at radius 3 is 2.60 bits per heavy atom. The number of para-hydroxylation sites is 1. The van der Waals surface area contributed by atoms with Gasteiger partial charge in [-0.25, -0.2) is 0 Å². The summed E-state index contributed by atoms with van der Waals surface area (Å²) in [5.41, 5.74) is 1.21. The topological polar surface area (TPSA) is 15.8 Å². The Bertz CT molecular complexity index is 283. The molecule has 0 aliphatic rings. The van der Waals surface area contributed by atoms with E-state index >= 15 is 0 Å². The zero-order valence-corrected chi connectivity index (χ0v) is 7.06. The molecule has 0 radical (unpaired) electrons. The Balaban J connectivity index is 0.000000500. The zero-order chi connectivity index (χ0) is 6.10. The van der Waals surface area contributed by atoms with E-state index in [0.29, 0.717) is 0 Å². The van der Waals surface area contributed by atoms with Crippen molar-refractivity contribution >= 4 is 10.9 Å². The van der Waals surface area contributed by atoms with E-state index in [2.05, 4.69) is 23.2 Å². The van der Waals surface area contributed by atoms with Crippen molar-refractivity contribution in [3.05, 3.63) is 36.5 Å². The molecule has 2 heteroatoms. The van der Waals surface area contributed by atoms with Crippen molar-refractivity contribution in [2.45, 2.75) is 0 Å². The smallest absolute Gasteiger partial charge is 0.0453 e. The predicted molar refractivity (Wildman–Crippen MR) is 38.3 cm³/mol. The van der Waals surface area contributed by atoms with Gasteiger partial charge in [0, 0.05) is 31.2 Å². The molecule has 0 saturated heterocycles. The van der Waals surface area contributed by atoms with Gasteiger partial charge in [-0.2, -0.15) is 0 Å². The second-order valence-corrected chi connectivity index (χ2v) is 2.06. The largest absolute Gasteiger partial charge is 0.361 e. The first kappa shape index (κ1) is 7.49. The molecule has 1 aromatic carbocycles. The van der Waals surface area contributed by atoms with Crippen LogP contribution < -0.4 is 0 Å². The molecule has 1 heterocycles. The average Bonchev–Trinajstić information content (AvgIpc) is 2.33. The Hall–Kier alpha value is -0.617. The molecule has 2 aromatic rings. The normalized spacial score (nSPS) is 9.20. The summed E-state index contributed by atoms with van der Waals surface area (Å²) in [6.07, 6.45) is 1.95. The molecule has 0 amide bonds. The Morgan fingerprint density at radius 1 is 1.00 bits per heavy atom. The maximum absolute atomic E-state index is 3.12. The van der Waals surface area contributed by atoms with E-state index in [4.69, 9.17) is 0 Å². The van der Waals surface area contributed by atoms with Crippen molar-refractivity contribution in [1.29, 1.82) is 0 Å². The van der Waals surface area contributed by atoms with Crippen LogP contribution in [0, 0.1) is 0 Å². The summed E-state index contributed by atoms with van der Waals surface area (Å²) >= 11 is 0. The van der Waals surface area contributed by atoms with Crippen LogP contribution in [0.2, 0.25) is 0 Å². The first-order chi connectivity index (χ1) is 4.47. The van der Waals surface area contributed by atoms with Gasteiger partial charge in [-0.3, -0.25) is 0 Å². The van der Waals surface area contributed by atoms with Gasteiger partial charge in [0.05, 0.1) is 0 Å². The predicted octanol–water partition coefficient (Wildman–Crippen LogP) is 2.17. The molecule has 1 nitrogen and oxygen atoms in total. The van der Waals surface area contributed by atoms with Crippen LogP contribution in [0.25, 0.3) is 10.9 Å². The quantitative estimate of drug-likeness (QED) is 0.652. The summed E-state index contributed by atoms with van der Waals surface area (Å²) < 4.78 is 0. The third-order valence-electron chi connectivity index (χ3n) is 1.46. The molecular formula is C8H7NRu. The van der Waals surface area contributed by atoms with Gasteiger partial charge in [0.2, 0.25) is 0 Å². The average molecular weight is 218 g/mol. The third kappa shape index (κ3) is 1.12. The minimum Gasteiger partial charge on any atom is -0.361 e. The van der Waals surface area contributed by atoms with E-state index in [-0.39, 0.29) is 19.5 Å². The second kappa shape index (κ2) is 2.98. The number of aromatic amines is 1. The molecule has 1 aromatic heterocycles. The first-order valence-electron chi connectivity index (χ1n) is 2.99. The fourth-order valence-electron chi connectivity index (χ4n) is 0.995. The number of hydrogen-bond donors (Lipinski definition) is 1. The molecule has 0 aliphatic heterocycles. The van der Waals surface area contributed by atoms with Crippen molar-refractivity contribution in [3.8, 4) is 0 Å². The number of rotatable bonds is 0. The van der Waals surface area contributed by atoms with Crippen LogP contribution in [-0.2, 0) is 19.5 Å². The number of H-pyrrole nitrogens is 1. The van der Waals surface area contributed by atoms with Gasteiger partial charge in [-0.05, 0) is 17.5 Å². The summed E-state index contributed by atoms with van der Waals surface area (Å²) in [5, 5.41) is 1.28. The Labute approximate surface area is 72.2 Å². The second-order valence-electron chi connectivity index (χ2n) is 2.06. The maximum Gasteiger partial charge on any atom is 0.0453 e. The van der Waals surface area contributed by atoms with Crippen molar-refractivity contribution < 1.29 is 19.5 Å². The van der Waals surface area contributed by atoms with E-state index < -0.39 is 0 Å². The minimum atomic E-state index is 0. The van der Waals surface area contributed by atoms with Crippen molar-refractivity contribution in [3.63, 3.8) is 0 Å². The monoisotopic (exact) mass is 219 g/mol. The summed E-state index contributed by atoms with van der Waals surface area (Å²) in [6.45, 7) is 0. The number of hydrogen-bond acceptors (Lipinski definition) is 0. The minimum absolute atomic E-state index is 0. The summed E-state index contributed by atoms with van der Waals surface area (Å²) in [5.74, 6) is 0. The van der Waals surface area contributed by atoms with Gasteiger partial charge in [-0.15, -0.1) is 0 Å². The molecule has 0 aliphatic carbocycles. The Kier molecular flexibility index (Phi) is 2.23. The van der Waals surface area contributed by atoms with Crippen LogP contribution >= 0.6 is 0 Å². The number of nitrogens with one attached hydrogen (secondary N) is 1. The third-order valence-corrected chi connectivity index (χ3v) is 1.46. The number of benzene rings is 1. The Morgan fingerprint density at radius 2 is 1.80 bits per heavy atom. The van der Waals surface area contributed by atoms with Gasteiger partial charge in [0.1, 0.15) is 0 Å². The van der Waals surface area contributed by atoms with E-state index in [0.717, 1.165) is 0 Å². The number of fused-ring (bicyclic) bond motifs is 1. The van der Waals surface area contributed by atoms with Gasteiger partial charge in [0.15, 0.2) is 0 Å². The van der Waals surface area contributed by atoms with Gasteiger partial charge >= 0.3 is 0 Å². The molecule has 10 heavy (non-hydrogen) atoms. The van der Waals surface area contributed by atoms with E-state index in [9.17, 15) is 0 Å². The molecule has 0 unspecified atom stereocenters. The first-order valence-corrected chi connectivity index (χ1v) is 2.99. The van der Waals surface area contributed by atoms with Crippen LogP contribution in [0.15, 0.2) is 36.5 Å². The van der Waals surface area contributed by atoms with Crippen LogP contribution in [0.1, 0.15) is 0 Å². The molecule has 52 valence electrons. The van der Waals surface area contributed by atoms with Gasteiger partial charge in [-0.1, -0.05) is 18.2 Å². The molecule has 0 bridgehead atoms. The van der Waals surface area contributed by atoms with Crippen molar-refractivity contribution in [2.75, 3.05) is 0 Å². The number of aromatic nitrogens is 1. The van der Waals surface area contributed by atoms with E-state index in [1.54, 1.807) is 0 Å². The van der Waals surface area contributed by atoms with Gasteiger partial charge < -0.3 is 4.98 Å². The van der Waals surface area contributed by atoms with Gasteiger partial charge in [0.25, 0.3) is 0 Å². The van der Waals surface area contributed by atoms with Crippen LogP contribution in [-0.4, -0.2) is 4.98 Å². The molecule has 0 saturated carbocycles. The molecule has 0 spiro atoms. The molecular weight excluding hydrogens is 211 g/mol. The summed E-state index contributed by atoms with van der Waals surface area (Å²) in [4.78, 5) is 3.12. The van der Waals surface area contributed by atoms with E-state index in [1.165, 1.54) is 10.9 Å². The maximum atomic E-state index is 3.12. The van der Waals surface area contributed by atoms with Crippen LogP contribution in [0.5, 0.6) is 0 Å². The fraction of sp³-hybridized carbons (Fsp3) is 0. The molecule has 0 atom stereocenters. The van der Waals surface area contributed by atoms with Crippen LogP contribution in [0.3, 0.4) is 0 Å². The van der Waals surface area contributed by atoms with Crippen molar-refractivity contribution in [1.82, 2.24) is 4.98 Å². The van der Waals surface area contributed by atoms with E-state index in [1.807, 2.05) is 18.3 Å². The molecule has 1 N–H and O–H groups in total. The SMILES string of the molecule is [Ru].c1ccc2[nH]ccc2c1. The van der Waals surface area contributed by atoms with Crippen molar-refractivity contribution in [2.24, 2.45) is 0 Å². The fourth-order valence-corrected chi connectivity index (χ4v) is 0.995.